The largest absolute Gasteiger partial charge is 0.326 e. The highest BCUT2D eigenvalue weighted by Crippen LogP contribution is 2.13. The van der Waals surface area contributed by atoms with E-state index in [2.05, 4.69) is 10.3 Å². The van der Waals surface area contributed by atoms with Crippen LogP contribution in [0.1, 0.15) is 11.3 Å². The van der Waals surface area contributed by atoms with Gasteiger partial charge in [-0.2, -0.15) is 0 Å². The van der Waals surface area contributed by atoms with Gasteiger partial charge in [-0.15, -0.1) is 0 Å². The monoisotopic (exact) mass is 299 g/mol. The van der Waals surface area contributed by atoms with Crippen molar-refractivity contribution in [1.82, 2.24) is 9.38 Å². The Labute approximate surface area is 127 Å². The zero-order chi connectivity index (χ0) is 14.8. The molecule has 1 aromatic carbocycles. The number of fused-ring (bicyclic) bond motifs is 1. The number of hydrogen-bond donors (Lipinski definition) is 1. The van der Waals surface area contributed by atoms with Crippen LogP contribution in [0.4, 0.5) is 5.69 Å². The molecule has 21 heavy (non-hydrogen) atoms. The van der Waals surface area contributed by atoms with Crippen LogP contribution in [-0.2, 0) is 11.2 Å². The number of carbonyl (C=O) groups is 1. The summed E-state index contributed by atoms with van der Waals surface area (Å²) in [7, 11) is 0. The highest BCUT2D eigenvalue weighted by atomic mass is 35.5. The van der Waals surface area contributed by atoms with Crippen LogP contribution in [-0.4, -0.2) is 15.3 Å². The van der Waals surface area contributed by atoms with Crippen molar-refractivity contribution in [2.75, 3.05) is 5.32 Å². The van der Waals surface area contributed by atoms with E-state index in [0.717, 1.165) is 16.9 Å². The van der Waals surface area contributed by atoms with Crippen molar-refractivity contribution in [2.24, 2.45) is 0 Å². The lowest BCUT2D eigenvalue weighted by Crippen LogP contribution is -2.14. The normalized spacial score (nSPS) is 10.8. The fraction of sp³-hybridized carbons (Fsp3) is 0.125. The molecular formula is C16H14ClN3O. The summed E-state index contributed by atoms with van der Waals surface area (Å²) in [6, 6.07) is 11.3. The van der Waals surface area contributed by atoms with Gasteiger partial charge in [0.15, 0.2) is 0 Å². The minimum atomic E-state index is -0.0895. The molecule has 4 nitrogen and oxygen atoms in total. The first-order valence-electron chi connectivity index (χ1n) is 6.60. The first kappa shape index (κ1) is 13.6. The summed E-state index contributed by atoms with van der Waals surface area (Å²) in [5, 5.41) is 3.49. The van der Waals surface area contributed by atoms with E-state index >= 15 is 0 Å². The smallest absolute Gasteiger partial charge is 0.230 e. The van der Waals surface area contributed by atoms with Crippen LogP contribution in [0, 0.1) is 6.92 Å². The quantitative estimate of drug-likeness (QED) is 0.805. The Bertz CT molecular complexity index is 793. The second-order valence-electron chi connectivity index (χ2n) is 4.94. The zero-order valence-electron chi connectivity index (χ0n) is 11.5. The third-order valence-corrected chi connectivity index (χ3v) is 3.37. The number of halogens is 1. The van der Waals surface area contributed by atoms with E-state index < -0.39 is 0 Å². The van der Waals surface area contributed by atoms with Gasteiger partial charge in [0, 0.05) is 18.1 Å². The van der Waals surface area contributed by atoms with Crippen molar-refractivity contribution in [2.45, 2.75) is 13.3 Å². The Morgan fingerprint density at radius 2 is 1.95 bits per heavy atom. The molecule has 0 aliphatic carbocycles. The molecule has 2 aromatic heterocycles. The lowest BCUT2D eigenvalue weighted by molar-refractivity contribution is -0.115. The van der Waals surface area contributed by atoms with Gasteiger partial charge in [0.05, 0.1) is 17.1 Å². The molecular weight excluding hydrogens is 286 g/mol. The van der Waals surface area contributed by atoms with Gasteiger partial charge in [0.2, 0.25) is 5.91 Å². The lowest BCUT2D eigenvalue weighted by atomic mass is 10.2. The van der Waals surface area contributed by atoms with Crippen molar-refractivity contribution in [3.05, 3.63) is 65.1 Å². The molecule has 3 aromatic rings. The Kier molecular flexibility index (Phi) is 3.62. The molecule has 0 unspecified atom stereocenters. The molecule has 0 saturated heterocycles. The number of imidazole rings is 1. The molecule has 2 heterocycles. The summed E-state index contributed by atoms with van der Waals surface area (Å²) in [6.45, 7) is 2.01. The molecule has 0 bridgehead atoms. The Morgan fingerprint density at radius 3 is 2.71 bits per heavy atom. The second-order valence-corrected chi connectivity index (χ2v) is 5.37. The fourth-order valence-corrected chi connectivity index (χ4v) is 2.28. The standard InChI is InChI=1S/C16H14ClN3O/c1-11-2-5-13(6-3-11)19-16(21)8-14-10-20-9-12(17)4-7-15(20)18-14/h2-7,9-10H,8H2,1H3,(H,19,21). The number of anilines is 1. The van der Waals surface area contributed by atoms with Gasteiger partial charge in [-0.3, -0.25) is 4.79 Å². The average molecular weight is 300 g/mol. The maximum Gasteiger partial charge on any atom is 0.230 e. The molecule has 3 rings (SSSR count). The highest BCUT2D eigenvalue weighted by Gasteiger charge is 2.08. The summed E-state index contributed by atoms with van der Waals surface area (Å²) in [5.41, 5.74) is 3.43. The maximum absolute atomic E-state index is 12.0. The third-order valence-electron chi connectivity index (χ3n) is 3.14. The van der Waals surface area contributed by atoms with Gasteiger partial charge in [-0.1, -0.05) is 29.3 Å². The van der Waals surface area contributed by atoms with Crippen molar-refractivity contribution < 1.29 is 4.79 Å². The lowest BCUT2D eigenvalue weighted by Gasteiger charge is -2.03. The average Bonchev–Trinajstić information content (AvgIpc) is 2.82. The molecule has 5 heteroatoms. The predicted molar refractivity (Wildman–Crippen MR) is 83.7 cm³/mol. The fourth-order valence-electron chi connectivity index (χ4n) is 2.11. The summed E-state index contributed by atoms with van der Waals surface area (Å²) in [6.07, 6.45) is 3.81. The second kappa shape index (κ2) is 5.58. The third kappa shape index (κ3) is 3.23. The van der Waals surface area contributed by atoms with Gasteiger partial charge in [-0.25, -0.2) is 4.98 Å². The number of rotatable bonds is 3. The molecule has 0 spiro atoms. The Balaban J connectivity index is 1.72. The summed E-state index contributed by atoms with van der Waals surface area (Å²) in [5.74, 6) is -0.0895. The van der Waals surface area contributed by atoms with E-state index in [4.69, 9.17) is 11.6 Å². The number of nitrogens with one attached hydrogen (secondary N) is 1. The minimum Gasteiger partial charge on any atom is -0.326 e. The van der Waals surface area contributed by atoms with Gasteiger partial charge >= 0.3 is 0 Å². The zero-order valence-corrected chi connectivity index (χ0v) is 12.3. The topological polar surface area (TPSA) is 46.4 Å². The van der Waals surface area contributed by atoms with E-state index in [0.29, 0.717) is 10.7 Å². The van der Waals surface area contributed by atoms with E-state index in [9.17, 15) is 4.79 Å². The van der Waals surface area contributed by atoms with Crippen molar-refractivity contribution in [3.63, 3.8) is 0 Å². The van der Waals surface area contributed by atoms with Gasteiger partial charge in [0.25, 0.3) is 0 Å². The van der Waals surface area contributed by atoms with Gasteiger partial charge in [0.1, 0.15) is 5.65 Å². The summed E-state index contributed by atoms with van der Waals surface area (Å²) < 4.78 is 1.82. The molecule has 0 aliphatic heterocycles. The number of hydrogen-bond acceptors (Lipinski definition) is 2. The van der Waals surface area contributed by atoms with Crippen LogP contribution in [0.15, 0.2) is 48.8 Å². The van der Waals surface area contributed by atoms with E-state index in [1.165, 1.54) is 0 Å². The van der Waals surface area contributed by atoms with E-state index in [1.54, 1.807) is 12.3 Å². The molecule has 0 saturated carbocycles. The molecule has 1 amide bonds. The van der Waals surface area contributed by atoms with Crippen molar-refractivity contribution in [1.29, 1.82) is 0 Å². The molecule has 0 atom stereocenters. The molecule has 0 radical (unpaired) electrons. The van der Waals surface area contributed by atoms with Crippen LogP contribution in [0.5, 0.6) is 0 Å². The Hall–Kier alpha value is -2.33. The van der Waals surface area contributed by atoms with Crippen molar-refractivity contribution in [3.8, 4) is 0 Å². The predicted octanol–water partition coefficient (Wildman–Crippen LogP) is 3.48. The van der Waals surface area contributed by atoms with Crippen LogP contribution in [0.3, 0.4) is 0 Å². The Morgan fingerprint density at radius 1 is 1.19 bits per heavy atom. The van der Waals surface area contributed by atoms with Gasteiger partial charge < -0.3 is 9.72 Å². The van der Waals surface area contributed by atoms with Crippen LogP contribution in [0.2, 0.25) is 5.02 Å². The minimum absolute atomic E-state index is 0.0895. The van der Waals surface area contributed by atoms with Gasteiger partial charge in [-0.05, 0) is 31.2 Å². The summed E-state index contributed by atoms with van der Waals surface area (Å²) >= 11 is 5.93. The van der Waals surface area contributed by atoms with Crippen LogP contribution in [0.25, 0.3) is 5.65 Å². The first-order chi connectivity index (χ1) is 10.1. The molecule has 1 N–H and O–H groups in total. The number of aromatic nitrogens is 2. The first-order valence-corrected chi connectivity index (χ1v) is 6.97. The number of amides is 1. The van der Waals surface area contributed by atoms with E-state index in [-0.39, 0.29) is 12.3 Å². The van der Waals surface area contributed by atoms with E-state index in [1.807, 2.05) is 47.9 Å². The highest BCUT2D eigenvalue weighted by molar-refractivity contribution is 6.30. The molecule has 0 fully saturated rings. The number of carbonyl (C=O) groups excluding carboxylic acids is 1. The number of nitrogens with zero attached hydrogens (tertiary/aromatic N) is 2. The summed E-state index contributed by atoms with van der Waals surface area (Å²) in [4.78, 5) is 16.4. The van der Waals surface area contributed by atoms with Crippen LogP contribution < -0.4 is 5.32 Å². The number of aryl methyl sites for hydroxylation is 1. The molecule has 0 aliphatic rings. The number of benzene rings is 1. The number of pyridine rings is 1. The maximum atomic E-state index is 12.0. The van der Waals surface area contributed by atoms with Crippen molar-refractivity contribution >= 4 is 28.8 Å². The SMILES string of the molecule is Cc1ccc(NC(=O)Cc2cn3cc(Cl)ccc3n2)cc1. The van der Waals surface area contributed by atoms with Crippen LogP contribution >= 0.6 is 11.6 Å². The molecule has 106 valence electrons.